The van der Waals surface area contributed by atoms with Gasteiger partial charge in [0.2, 0.25) is 0 Å². The van der Waals surface area contributed by atoms with Gasteiger partial charge in [-0.1, -0.05) is 37.5 Å². The number of nitrogens with zero attached hydrogens (tertiary/aromatic N) is 1. The molecule has 1 saturated carbocycles. The third-order valence-corrected chi connectivity index (χ3v) is 3.81. The highest BCUT2D eigenvalue weighted by Gasteiger charge is 2.17. The lowest BCUT2D eigenvalue weighted by Crippen LogP contribution is -2.45. The van der Waals surface area contributed by atoms with Crippen molar-refractivity contribution in [1.29, 1.82) is 0 Å². The summed E-state index contributed by atoms with van der Waals surface area (Å²) >= 11 is 5.51. The van der Waals surface area contributed by atoms with E-state index in [9.17, 15) is 0 Å². The molecule has 1 N–H and O–H groups in total. The number of hydrogen-bond acceptors (Lipinski definition) is 1. The Morgan fingerprint density at radius 1 is 1.22 bits per heavy atom. The maximum Gasteiger partial charge on any atom is 0.173 e. The zero-order chi connectivity index (χ0) is 12.8. The van der Waals surface area contributed by atoms with E-state index in [2.05, 4.69) is 29.3 Å². The summed E-state index contributed by atoms with van der Waals surface area (Å²) in [6.45, 7) is 4.63. The number of thiocarbonyl (C=S) groups is 1. The van der Waals surface area contributed by atoms with Gasteiger partial charge in [0.15, 0.2) is 5.11 Å². The van der Waals surface area contributed by atoms with Crippen LogP contribution in [0.3, 0.4) is 0 Å². The molecule has 2 nitrogen and oxygen atoms in total. The zero-order valence-electron chi connectivity index (χ0n) is 10.8. The summed E-state index contributed by atoms with van der Waals surface area (Å²) in [6, 6.07) is 10.8. The molecule has 18 heavy (non-hydrogen) atoms. The largest absolute Gasteiger partial charge is 0.360 e. The maximum atomic E-state index is 5.51. The predicted molar refractivity (Wildman–Crippen MR) is 81.8 cm³/mol. The van der Waals surface area contributed by atoms with Gasteiger partial charge in [-0.25, -0.2) is 0 Å². The number of rotatable bonds is 3. The number of hydrogen-bond donors (Lipinski definition) is 1. The fraction of sp³-hybridized carbons (Fsp3) is 0.467. The van der Waals surface area contributed by atoms with Crippen molar-refractivity contribution in [2.24, 2.45) is 0 Å². The zero-order valence-corrected chi connectivity index (χ0v) is 11.6. The molecular weight excluding hydrogens is 240 g/mol. The molecule has 1 fully saturated rings. The van der Waals surface area contributed by atoms with Crippen LogP contribution in [-0.4, -0.2) is 17.7 Å². The van der Waals surface area contributed by atoms with E-state index in [-0.39, 0.29) is 0 Å². The summed E-state index contributed by atoms with van der Waals surface area (Å²) in [4.78, 5) is 2.06. The van der Waals surface area contributed by atoms with E-state index in [0.29, 0.717) is 12.6 Å². The molecule has 1 aliphatic rings. The van der Waals surface area contributed by atoms with Gasteiger partial charge < -0.3 is 10.2 Å². The van der Waals surface area contributed by atoms with Crippen molar-refractivity contribution in [1.82, 2.24) is 5.32 Å². The average molecular weight is 261 g/mol. The minimum absolute atomic E-state index is 0.545. The van der Waals surface area contributed by atoms with E-state index in [4.69, 9.17) is 12.2 Å². The molecule has 0 saturated heterocycles. The quantitative estimate of drug-likeness (QED) is 0.838. The minimum atomic E-state index is 0.545. The lowest BCUT2D eigenvalue weighted by molar-refractivity contribution is 0.413. The summed E-state index contributed by atoms with van der Waals surface area (Å²) < 4.78 is 0. The third kappa shape index (κ3) is 3.45. The van der Waals surface area contributed by atoms with Crippen LogP contribution in [0.5, 0.6) is 0 Å². The Labute approximate surface area is 115 Å². The molecule has 0 spiro atoms. The fourth-order valence-corrected chi connectivity index (χ4v) is 2.82. The highest BCUT2D eigenvalue weighted by molar-refractivity contribution is 7.80. The summed E-state index contributed by atoms with van der Waals surface area (Å²) in [5.74, 6) is 0. The van der Waals surface area contributed by atoms with Gasteiger partial charge in [-0.15, -0.1) is 0 Å². The molecule has 2 rings (SSSR count). The first-order valence-electron chi connectivity index (χ1n) is 6.73. The van der Waals surface area contributed by atoms with Gasteiger partial charge >= 0.3 is 0 Å². The number of para-hydroxylation sites is 1. The smallest absolute Gasteiger partial charge is 0.173 e. The van der Waals surface area contributed by atoms with E-state index in [1.54, 1.807) is 0 Å². The molecule has 0 bridgehead atoms. The summed E-state index contributed by atoms with van der Waals surface area (Å²) in [6.07, 6.45) is 6.47. The van der Waals surface area contributed by atoms with Crippen LogP contribution < -0.4 is 10.2 Å². The summed E-state index contributed by atoms with van der Waals surface area (Å²) in [7, 11) is 0. The fourth-order valence-electron chi connectivity index (χ4n) is 2.46. The molecular formula is C15H21N2S. The summed E-state index contributed by atoms with van der Waals surface area (Å²) in [5, 5.41) is 4.29. The van der Waals surface area contributed by atoms with Crippen molar-refractivity contribution in [3.63, 3.8) is 0 Å². The molecule has 0 aromatic heterocycles. The molecule has 97 valence electrons. The van der Waals surface area contributed by atoms with Crippen LogP contribution in [0.25, 0.3) is 0 Å². The van der Waals surface area contributed by atoms with Crippen molar-refractivity contribution < 1.29 is 0 Å². The lowest BCUT2D eigenvalue weighted by Gasteiger charge is -2.30. The van der Waals surface area contributed by atoms with Crippen molar-refractivity contribution in [3.05, 3.63) is 37.3 Å². The Balaban J connectivity index is 1.97. The molecule has 1 aromatic carbocycles. The van der Waals surface area contributed by atoms with E-state index < -0.39 is 0 Å². The molecule has 0 amide bonds. The van der Waals surface area contributed by atoms with Gasteiger partial charge in [0.25, 0.3) is 0 Å². The van der Waals surface area contributed by atoms with Crippen LogP contribution in [0.1, 0.15) is 32.1 Å². The molecule has 0 aliphatic heterocycles. The second-order valence-corrected chi connectivity index (χ2v) is 5.16. The molecule has 1 radical (unpaired) electrons. The minimum Gasteiger partial charge on any atom is -0.360 e. The predicted octanol–water partition coefficient (Wildman–Crippen LogP) is 3.53. The highest BCUT2D eigenvalue weighted by atomic mass is 32.1. The molecule has 3 heteroatoms. The van der Waals surface area contributed by atoms with Crippen LogP contribution in [0.2, 0.25) is 0 Å². The first kappa shape index (κ1) is 13.3. The van der Waals surface area contributed by atoms with Gasteiger partial charge in [0, 0.05) is 18.3 Å². The Kier molecular flexibility index (Phi) is 5.00. The van der Waals surface area contributed by atoms with Gasteiger partial charge in [-0.05, 0) is 44.1 Å². The van der Waals surface area contributed by atoms with Crippen LogP contribution >= 0.6 is 12.2 Å². The van der Waals surface area contributed by atoms with E-state index >= 15 is 0 Å². The SMILES string of the molecule is [CH2]CN(C(=S)NC1CCCCC1)c1ccccc1. The van der Waals surface area contributed by atoms with Crippen LogP contribution in [0.15, 0.2) is 30.3 Å². The van der Waals surface area contributed by atoms with Crippen molar-refractivity contribution in [2.45, 2.75) is 38.1 Å². The van der Waals surface area contributed by atoms with Crippen LogP contribution in [0.4, 0.5) is 5.69 Å². The maximum absolute atomic E-state index is 5.51. The average Bonchev–Trinajstić information content (AvgIpc) is 2.42. The van der Waals surface area contributed by atoms with Crippen LogP contribution in [-0.2, 0) is 0 Å². The van der Waals surface area contributed by atoms with Crippen molar-refractivity contribution >= 4 is 23.0 Å². The number of benzene rings is 1. The molecule has 0 atom stereocenters. The first-order valence-corrected chi connectivity index (χ1v) is 7.14. The summed E-state index contributed by atoms with van der Waals surface area (Å²) in [5.41, 5.74) is 1.11. The van der Waals surface area contributed by atoms with E-state index in [1.807, 2.05) is 18.2 Å². The second-order valence-electron chi connectivity index (χ2n) is 4.77. The lowest BCUT2D eigenvalue weighted by atomic mass is 9.96. The van der Waals surface area contributed by atoms with Gasteiger partial charge in [0.05, 0.1) is 0 Å². The van der Waals surface area contributed by atoms with E-state index in [0.717, 1.165) is 10.8 Å². The third-order valence-electron chi connectivity index (χ3n) is 3.47. The van der Waals surface area contributed by atoms with Crippen molar-refractivity contribution in [3.8, 4) is 0 Å². The van der Waals surface area contributed by atoms with Gasteiger partial charge in [-0.2, -0.15) is 0 Å². The molecule has 1 aliphatic carbocycles. The highest BCUT2D eigenvalue weighted by Crippen LogP contribution is 2.19. The Hall–Kier alpha value is -1.09. The van der Waals surface area contributed by atoms with Crippen LogP contribution in [0, 0.1) is 6.92 Å². The first-order chi connectivity index (χ1) is 8.81. The normalized spacial score (nSPS) is 16.3. The second kappa shape index (κ2) is 6.74. The molecule has 0 heterocycles. The monoisotopic (exact) mass is 261 g/mol. The van der Waals surface area contributed by atoms with E-state index in [1.165, 1.54) is 32.1 Å². The molecule has 0 unspecified atom stereocenters. The molecule has 1 aromatic rings. The van der Waals surface area contributed by atoms with Gasteiger partial charge in [-0.3, -0.25) is 0 Å². The number of nitrogens with one attached hydrogen (secondary N) is 1. The Bertz CT molecular complexity index is 371. The Morgan fingerprint density at radius 3 is 2.50 bits per heavy atom. The van der Waals surface area contributed by atoms with Gasteiger partial charge in [0.1, 0.15) is 0 Å². The Morgan fingerprint density at radius 2 is 1.89 bits per heavy atom. The topological polar surface area (TPSA) is 15.3 Å². The standard InChI is InChI=1S/C15H21N2S/c1-2-17(14-11-7-4-8-12-14)15(18)16-13-9-5-3-6-10-13/h4,7-8,11-13H,1-3,5-6,9-10H2,(H,16,18). The van der Waals surface area contributed by atoms with Crippen molar-refractivity contribution in [2.75, 3.05) is 11.4 Å². The number of anilines is 1.